The lowest BCUT2D eigenvalue weighted by atomic mass is 9.89. The molecule has 0 unspecified atom stereocenters. The molecule has 0 radical (unpaired) electrons. The number of carbonyl (C=O) groups is 1. The number of halogens is 3. The Balaban J connectivity index is 1.87. The van der Waals surface area contributed by atoms with Crippen molar-refractivity contribution < 1.29 is 4.79 Å². The maximum Gasteiger partial charge on any atom is 0.224 e. The van der Waals surface area contributed by atoms with Crippen molar-refractivity contribution in [2.75, 3.05) is 11.9 Å². The van der Waals surface area contributed by atoms with Gasteiger partial charge in [0.2, 0.25) is 5.91 Å². The largest absolute Gasteiger partial charge is 0.355 e. The summed E-state index contributed by atoms with van der Waals surface area (Å²) in [5, 5.41) is 5.01. The number of rotatable bonds is 5. The molecule has 1 aliphatic rings. The van der Waals surface area contributed by atoms with E-state index in [1.165, 1.54) is 25.7 Å². The Morgan fingerprint density at radius 2 is 1.95 bits per heavy atom. The molecule has 1 saturated carbocycles. The monoisotopic (exact) mass is 377 g/mol. The van der Waals surface area contributed by atoms with Crippen molar-refractivity contribution in [3.8, 4) is 0 Å². The lowest BCUT2D eigenvalue weighted by molar-refractivity contribution is -0.120. The molecular weight excluding hydrogens is 361 g/mol. The van der Waals surface area contributed by atoms with Crippen LogP contribution in [0.3, 0.4) is 0 Å². The van der Waals surface area contributed by atoms with Crippen LogP contribution in [-0.2, 0) is 11.2 Å². The van der Waals surface area contributed by atoms with E-state index in [0.29, 0.717) is 16.5 Å². The normalized spacial score (nSPS) is 17.1. The molecule has 1 aromatic rings. The van der Waals surface area contributed by atoms with E-state index in [-0.39, 0.29) is 11.3 Å². The van der Waals surface area contributed by atoms with E-state index in [2.05, 4.69) is 21.2 Å². The van der Waals surface area contributed by atoms with Crippen molar-refractivity contribution in [3.05, 3.63) is 33.8 Å². The fraction of sp³-hybridized carbons (Fsp3) is 0.533. The first-order valence-corrected chi connectivity index (χ1v) is 8.69. The predicted octanol–water partition coefficient (Wildman–Crippen LogP) is 4.61. The van der Waals surface area contributed by atoms with E-state index >= 15 is 0 Å². The number of alkyl halides is 1. The van der Waals surface area contributed by atoms with Crippen LogP contribution in [0.1, 0.15) is 31.2 Å². The molecule has 1 amide bonds. The maximum atomic E-state index is 12.0. The molecule has 0 heterocycles. The number of hydrogen-bond acceptors (Lipinski definition) is 1. The van der Waals surface area contributed by atoms with Gasteiger partial charge in [0.25, 0.3) is 0 Å². The van der Waals surface area contributed by atoms with Gasteiger partial charge in [-0.1, -0.05) is 58.0 Å². The summed E-state index contributed by atoms with van der Waals surface area (Å²) in [6.45, 7) is 0.748. The second-order valence-electron chi connectivity index (χ2n) is 5.54. The summed E-state index contributed by atoms with van der Waals surface area (Å²) in [6, 6.07) is 5.31. The van der Waals surface area contributed by atoms with Gasteiger partial charge in [-0.2, -0.15) is 0 Å². The summed E-state index contributed by atoms with van der Waals surface area (Å²) < 4.78 is 0. The van der Waals surface area contributed by atoms with Crippen LogP contribution >= 0.6 is 39.1 Å². The number of hydrogen-bond donors (Lipinski definition) is 1. The van der Waals surface area contributed by atoms with Crippen LogP contribution in [0.5, 0.6) is 0 Å². The lowest BCUT2D eigenvalue weighted by Crippen LogP contribution is -2.37. The molecule has 0 saturated heterocycles. The van der Waals surface area contributed by atoms with Gasteiger partial charge in [-0.05, 0) is 36.0 Å². The maximum absolute atomic E-state index is 12.0. The highest BCUT2D eigenvalue weighted by atomic mass is 79.9. The van der Waals surface area contributed by atoms with Gasteiger partial charge in [0, 0.05) is 11.9 Å². The smallest absolute Gasteiger partial charge is 0.224 e. The van der Waals surface area contributed by atoms with Crippen molar-refractivity contribution in [1.29, 1.82) is 0 Å². The van der Waals surface area contributed by atoms with Crippen LogP contribution in [0.15, 0.2) is 18.2 Å². The third kappa shape index (κ3) is 4.12. The van der Waals surface area contributed by atoms with Gasteiger partial charge in [0.15, 0.2) is 0 Å². The summed E-state index contributed by atoms with van der Waals surface area (Å²) in [4.78, 5) is 12.0. The zero-order valence-electron chi connectivity index (χ0n) is 11.2. The number of carbonyl (C=O) groups excluding carboxylic acids is 1. The Kier molecular flexibility index (Phi) is 5.76. The fourth-order valence-corrected chi connectivity index (χ4v) is 3.75. The Labute approximate surface area is 138 Å². The standard InChI is InChI=1S/C15H18BrCl2NO/c16-9-15(5-1-2-6-15)10-19-14(20)8-11-3-4-12(17)13(18)7-11/h3-4,7H,1-2,5-6,8-10H2,(H,19,20). The second kappa shape index (κ2) is 7.15. The molecule has 1 fully saturated rings. The molecule has 1 aliphatic carbocycles. The molecule has 110 valence electrons. The molecule has 0 spiro atoms. The fourth-order valence-electron chi connectivity index (χ4n) is 2.67. The van der Waals surface area contributed by atoms with Crippen molar-refractivity contribution in [2.45, 2.75) is 32.1 Å². The van der Waals surface area contributed by atoms with Crippen LogP contribution in [0.4, 0.5) is 0 Å². The number of amides is 1. The minimum atomic E-state index is 0.0376. The zero-order valence-corrected chi connectivity index (χ0v) is 14.3. The van der Waals surface area contributed by atoms with Crippen molar-refractivity contribution in [3.63, 3.8) is 0 Å². The third-order valence-electron chi connectivity index (χ3n) is 3.96. The highest BCUT2D eigenvalue weighted by Gasteiger charge is 2.32. The molecule has 1 N–H and O–H groups in total. The Bertz CT molecular complexity index is 487. The van der Waals surface area contributed by atoms with Crippen LogP contribution < -0.4 is 5.32 Å². The van der Waals surface area contributed by atoms with Gasteiger partial charge in [0.1, 0.15) is 0 Å². The predicted molar refractivity (Wildman–Crippen MR) is 87.9 cm³/mol. The summed E-state index contributed by atoms with van der Waals surface area (Å²) >= 11 is 15.4. The van der Waals surface area contributed by atoms with Crippen molar-refractivity contribution in [1.82, 2.24) is 5.32 Å². The summed E-state index contributed by atoms with van der Waals surface area (Å²) in [5.41, 5.74) is 1.13. The van der Waals surface area contributed by atoms with Gasteiger partial charge >= 0.3 is 0 Å². The van der Waals surface area contributed by atoms with Crippen LogP contribution in [-0.4, -0.2) is 17.8 Å². The van der Waals surface area contributed by atoms with Crippen LogP contribution in [0.25, 0.3) is 0 Å². The first-order valence-electron chi connectivity index (χ1n) is 6.81. The average molecular weight is 379 g/mol. The van der Waals surface area contributed by atoms with Crippen molar-refractivity contribution >= 4 is 45.0 Å². The Morgan fingerprint density at radius 3 is 2.55 bits per heavy atom. The van der Waals surface area contributed by atoms with E-state index in [1.54, 1.807) is 12.1 Å². The molecule has 0 aliphatic heterocycles. The first kappa shape index (κ1) is 16.1. The Morgan fingerprint density at radius 1 is 1.25 bits per heavy atom. The first-order chi connectivity index (χ1) is 9.54. The molecule has 2 nitrogen and oxygen atoms in total. The van der Waals surface area contributed by atoms with E-state index < -0.39 is 0 Å². The Hall–Kier alpha value is -0.250. The molecule has 0 bridgehead atoms. The average Bonchev–Trinajstić information content (AvgIpc) is 2.90. The quantitative estimate of drug-likeness (QED) is 0.745. The molecule has 1 aromatic carbocycles. The molecule has 5 heteroatoms. The van der Waals surface area contributed by atoms with Gasteiger partial charge in [-0.3, -0.25) is 4.79 Å². The number of nitrogens with one attached hydrogen (secondary N) is 1. The summed E-state index contributed by atoms with van der Waals surface area (Å²) in [7, 11) is 0. The van der Waals surface area contributed by atoms with E-state index in [0.717, 1.165) is 17.4 Å². The molecule has 0 aromatic heterocycles. The van der Waals surface area contributed by atoms with Gasteiger partial charge in [-0.25, -0.2) is 0 Å². The van der Waals surface area contributed by atoms with E-state index in [1.807, 2.05) is 6.07 Å². The van der Waals surface area contributed by atoms with Crippen LogP contribution in [0, 0.1) is 5.41 Å². The topological polar surface area (TPSA) is 29.1 Å². The van der Waals surface area contributed by atoms with Gasteiger partial charge in [-0.15, -0.1) is 0 Å². The second-order valence-corrected chi connectivity index (χ2v) is 6.92. The molecule has 20 heavy (non-hydrogen) atoms. The van der Waals surface area contributed by atoms with Gasteiger partial charge < -0.3 is 5.32 Å². The minimum absolute atomic E-state index is 0.0376. The van der Waals surface area contributed by atoms with Crippen LogP contribution in [0.2, 0.25) is 10.0 Å². The van der Waals surface area contributed by atoms with Crippen molar-refractivity contribution in [2.24, 2.45) is 5.41 Å². The van der Waals surface area contributed by atoms with Gasteiger partial charge in [0.05, 0.1) is 16.5 Å². The summed E-state index contributed by atoms with van der Waals surface area (Å²) in [5.74, 6) is 0.0376. The lowest BCUT2D eigenvalue weighted by Gasteiger charge is -2.26. The third-order valence-corrected chi connectivity index (χ3v) is 5.89. The molecule has 2 rings (SSSR count). The highest BCUT2D eigenvalue weighted by molar-refractivity contribution is 9.09. The SMILES string of the molecule is O=C(Cc1ccc(Cl)c(Cl)c1)NCC1(CBr)CCCC1. The zero-order chi connectivity index (χ0) is 14.6. The minimum Gasteiger partial charge on any atom is -0.355 e. The van der Waals surface area contributed by atoms with E-state index in [4.69, 9.17) is 23.2 Å². The molecular formula is C15H18BrCl2NO. The summed E-state index contributed by atoms with van der Waals surface area (Å²) in [6.07, 6.45) is 5.23. The highest BCUT2D eigenvalue weighted by Crippen LogP contribution is 2.38. The van der Waals surface area contributed by atoms with E-state index in [9.17, 15) is 4.79 Å². The number of benzene rings is 1. The molecule has 0 atom stereocenters.